The third-order valence-corrected chi connectivity index (χ3v) is 3.19. The minimum Gasteiger partial charge on any atom is -0.393 e. The van der Waals surface area contributed by atoms with Crippen LogP contribution in [0.1, 0.15) is 26.2 Å². The van der Waals surface area contributed by atoms with Crippen LogP contribution in [0.5, 0.6) is 0 Å². The van der Waals surface area contributed by atoms with Crippen molar-refractivity contribution in [2.45, 2.75) is 44.6 Å². The molecule has 1 aliphatic rings. The van der Waals surface area contributed by atoms with E-state index in [2.05, 4.69) is 5.32 Å². The van der Waals surface area contributed by atoms with Crippen molar-refractivity contribution in [1.29, 1.82) is 0 Å². The van der Waals surface area contributed by atoms with Gasteiger partial charge in [-0.15, -0.1) is 0 Å². The molecule has 0 amide bonds. The van der Waals surface area contributed by atoms with Gasteiger partial charge in [-0.05, 0) is 25.7 Å². The van der Waals surface area contributed by atoms with Crippen LogP contribution in [0, 0.1) is 5.92 Å². The van der Waals surface area contributed by atoms with E-state index in [9.17, 15) is 5.11 Å². The number of rotatable bonds is 6. The Morgan fingerprint density at radius 1 is 1.33 bits per heavy atom. The van der Waals surface area contributed by atoms with Crippen LogP contribution < -0.4 is 5.32 Å². The molecule has 3 atom stereocenters. The fourth-order valence-corrected chi connectivity index (χ4v) is 2.19. The molecule has 4 nitrogen and oxygen atoms in total. The first-order chi connectivity index (χ1) is 7.19. The van der Waals surface area contributed by atoms with Gasteiger partial charge in [0.25, 0.3) is 0 Å². The molecule has 90 valence electrons. The quantitative estimate of drug-likeness (QED) is 0.644. The second kappa shape index (κ2) is 6.43. The highest BCUT2D eigenvalue weighted by Crippen LogP contribution is 2.24. The van der Waals surface area contributed by atoms with Crippen LogP contribution in [0.4, 0.5) is 0 Å². The van der Waals surface area contributed by atoms with Crippen molar-refractivity contribution in [2.24, 2.45) is 5.92 Å². The Morgan fingerprint density at radius 2 is 2.00 bits per heavy atom. The van der Waals surface area contributed by atoms with Crippen LogP contribution in [0.3, 0.4) is 0 Å². The Bertz CT molecular complexity index is 173. The first kappa shape index (κ1) is 12.9. The minimum atomic E-state index is -0.219. The summed E-state index contributed by atoms with van der Waals surface area (Å²) in [5, 5.41) is 13.0. The van der Waals surface area contributed by atoms with Gasteiger partial charge in [0, 0.05) is 20.8 Å². The summed E-state index contributed by atoms with van der Waals surface area (Å²) in [5.41, 5.74) is 0. The predicted octanol–water partition coefficient (Wildman–Crippen LogP) is 0.744. The highest BCUT2D eigenvalue weighted by molar-refractivity contribution is 4.79. The smallest absolute Gasteiger partial charge is 0.171 e. The van der Waals surface area contributed by atoms with Gasteiger partial charge in [0.1, 0.15) is 0 Å². The molecule has 3 unspecified atom stereocenters. The van der Waals surface area contributed by atoms with E-state index < -0.39 is 0 Å². The van der Waals surface area contributed by atoms with E-state index >= 15 is 0 Å². The zero-order valence-corrected chi connectivity index (χ0v) is 9.90. The van der Waals surface area contributed by atoms with Gasteiger partial charge in [-0.1, -0.05) is 6.42 Å². The van der Waals surface area contributed by atoms with Gasteiger partial charge in [0.05, 0.1) is 12.1 Å². The summed E-state index contributed by atoms with van der Waals surface area (Å²) in [6.07, 6.45) is 2.85. The molecular weight excluding hydrogens is 194 g/mol. The Hall–Kier alpha value is -0.160. The summed E-state index contributed by atoms with van der Waals surface area (Å²) >= 11 is 0. The molecule has 1 saturated carbocycles. The summed E-state index contributed by atoms with van der Waals surface area (Å²) in [6, 6.07) is 0.146. The number of aliphatic hydroxyl groups excluding tert-OH is 1. The third-order valence-electron chi connectivity index (χ3n) is 3.19. The minimum absolute atomic E-state index is 0.131. The maximum atomic E-state index is 9.65. The third kappa shape index (κ3) is 3.72. The molecule has 0 saturated heterocycles. The summed E-state index contributed by atoms with van der Waals surface area (Å²) in [6.45, 7) is 2.87. The molecule has 1 aliphatic carbocycles. The van der Waals surface area contributed by atoms with Crippen LogP contribution in [0.25, 0.3) is 0 Å². The van der Waals surface area contributed by atoms with Gasteiger partial charge in [-0.25, -0.2) is 0 Å². The number of aliphatic hydroxyl groups is 1. The molecular formula is C11H23NO3. The lowest BCUT2D eigenvalue weighted by Crippen LogP contribution is -2.42. The van der Waals surface area contributed by atoms with E-state index in [1.807, 2.05) is 6.92 Å². The van der Waals surface area contributed by atoms with Crippen molar-refractivity contribution in [1.82, 2.24) is 5.32 Å². The topological polar surface area (TPSA) is 50.7 Å². The second-order valence-electron chi connectivity index (χ2n) is 4.30. The molecule has 0 heterocycles. The van der Waals surface area contributed by atoms with Crippen molar-refractivity contribution in [2.75, 3.05) is 20.8 Å². The molecule has 0 spiro atoms. The molecule has 15 heavy (non-hydrogen) atoms. The zero-order valence-electron chi connectivity index (χ0n) is 9.90. The van der Waals surface area contributed by atoms with Crippen LogP contribution in [-0.2, 0) is 9.47 Å². The Labute approximate surface area is 92.0 Å². The standard InChI is InChI=1S/C11H23NO3/c1-8(11(14-2)15-3)12-7-9-5-4-6-10(9)13/h8-13H,4-7H2,1-3H3. The van der Waals surface area contributed by atoms with Crippen molar-refractivity contribution in [3.8, 4) is 0 Å². The average molecular weight is 217 g/mol. The lowest BCUT2D eigenvalue weighted by Gasteiger charge is -2.24. The number of ether oxygens (including phenoxy) is 2. The zero-order chi connectivity index (χ0) is 11.3. The Morgan fingerprint density at radius 3 is 2.47 bits per heavy atom. The Balaban J connectivity index is 2.23. The SMILES string of the molecule is COC(OC)C(C)NCC1CCCC1O. The van der Waals surface area contributed by atoms with Gasteiger partial charge in [-0.3, -0.25) is 0 Å². The summed E-state index contributed by atoms with van der Waals surface area (Å²) < 4.78 is 10.3. The van der Waals surface area contributed by atoms with Crippen molar-refractivity contribution in [3.63, 3.8) is 0 Å². The monoisotopic (exact) mass is 217 g/mol. The van der Waals surface area contributed by atoms with E-state index in [4.69, 9.17) is 9.47 Å². The lowest BCUT2D eigenvalue weighted by atomic mass is 10.1. The van der Waals surface area contributed by atoms with E-state index in [1.54, 1.807) is 14.2 Å². The first-order valence-electron chi connectivity index (χ1n) is 5.66. The van der Waals surface area contributed by atoms with Gasteiger partial charge < -0.3 is 19.9 Å². The summed E-state index contributed by atoms with van der Waals surface area (Å²) in [5.74, 6) is 0.391. The van der Waals surface area contributed by atoms with Crippen LogP contribution >= 0.6 is 0 Å². The molecule has 1 fully saturated rings. The van der Waals surface area contributed by atoms with Gasteiger partial charge in [-0.2, -0.15) is 0 Å². The van der Waals surface area contributed by atoms with Gasteiger partial charge in [0.2, 0.25) is 0 Å². The van der Waals surface area contributed by atoms with Gasteiger partial charge >= 0.3 is 0 Å². The molecule has 2 N–H and O–H groups in total. The van der Waals surface area contributed by atoms with E-state index in [0.29, 0.717) is 5.92 Å². The van der Waals surface area contributed by atoms with Crippen molar-refractivity contribution >= 4 is 0 Å². The number of methoxy groups -OCH3 is 2. The molecule has 0 bridgehead atoms. The van der Waals surface area contributed by atoms with Crippen LogP contribution in [-0.4, -0.2) is 44.3 Å². The summed E-state index contributed by atoms with van der Waals surface area (Å²) in [7, 11) is 3.27. The first-order valence-corrected chi connectivity index (χ1v) is 5.66. The van der Waals surface area contributed by atoms with E-state index in [1.165, 1.54) is 0 Å². The van der Waals surface area contributed by atoms with E-state index in [-0.39, 0.29) is 18.4 Å². The van der Waals surface area contributed by atoms with Gasteiger partial charge in [0.15, 0.2) is 6.29 Å². The van der Waals surface area contributed by atoms with Crippen LogP contribution in [0.15, 0.2) is 0 Å². The predicted molar refractivity (Wildman–Crippen MR) is 58.6 cm³/mol. The fraction of sp³-hybridized carbons (Fsp3) is 1.00. The second-order valence-corrected chi connectivity index (χ2v) is 4.30. The Kier molecular flexibility index (Phi) is 5.53. The largest absolute Gasteiger partial charge is 0.393 e. The molecule has 1 rings (SSSR count). The van der Waals surface area contributed by atoms with E-state index in [0.717, 1.165) is 25.8 Å². The number of nitrogens with one attached hydrogen (secondary N) is 1. The summed E-state index contributed by atoms with van der Waals surface area (Å²) in [4.78, 5) is 0. The van der Waals surface area contributed by atoms with Crippen LogP contribution in [0.2, 0.25) is 0 Å². The normalized spacial score (nSPS) is 28.6. The fourth-order valence-electron chi connectivity index (χ4n) is 2.19. The maximum absolute atomic E-state index is 9.65. The van der Waals surface area contributed by atoms with Crippen molar-refractivity contribution < 1.29 is 14.6 Å². The molecule has 0 aromatic rings. The highest BCUT2D eigenvalue weighted by Gasteiger charge is 2.26. The average Bonchev–Trinajstić information content (AvgIpc) is 2.63. The number of hydrogen-bond acceptors (Lipinski definition) is 4. The highest BCUT2D eigenvalue weighted by atomic mass is 16.7. The lowest BCUT2D eigenvalue weighted by molar-refractivity contribution is -0.120. The molecule has 4 heteroatoms. The maximum Gasteiger partial charge on any atom is 0.171 e. The molecule has 0 aromatic carbocycles. The molecule has 0 aliphatic heterocycles. The molecule has 0 radical (unpaired) electrons. The molecule has 0 aromatic heterocycles. The van der Waals surface area contributed by atoms with Crippen molar-refractivity contribution in [3.05, 3.63) is 0 Å². The number of hydrogen-bond donors (Lipinski definition) is 2.